The highest BCUT2D eigenvalue weighted by Gasteiger charge is 2.03. The average molecular weight is 269 g/mol. The number of hydrogen-bond acceptors (Lipinski definition) is 4. The minimum Gasteiger partial charge on any atom is -0.492 e. The molecule has 2 N–H and O–H groups in total. The SMILES string of the molecule is CSC(C)CNCCOc1cccc(C(=O)O)c1. The van der Waals surface area contributed by atoms with Gasteiger partial charge in [-0.15, -0.1) is 0 Å². The number of aromatic carboxylic acids is 1. The number of carboxylic acid groups (broad SMARTS) is 1. The van der Waals surface area contributed by atoms with Crippen LogP contribution >= 0.6 is 11.8 Å². The van der Waals surface area contributed by atoms with Crippen LogP contribution in [0.15, 0.2) is 24.3 Å². The minimum atomic E-state index is -0.938. The molecule has 0 saturated heterocycles. The number of rotatable bonds is 8. The molecule has 0 fully saturated rings. The fraction of sp³-hybridized carbons (Fsp3) is 0.462. The molecule has 0 aliphatic carbocycles. The molecule has 0 aliphatic heterocycles. The monoisotopic (exact) mass is 269 g/mol. The van der Waals surface area contributed by atoms with E-state index in [4.69, 9.17) is 9.84 Å². The Morgan fingerprint density at radius 2 is 2.33 bits per heavy atom. The summed E-state index contributed by atoms with van der Waals surface area (Å²) in [5.41, 5.74) is 0.247. The normalized spacial score (nSPS) is 12.1. The Labute approximate surface area is 112 Å². The van der Waals surface area contributed by atoms with E-state index >= 15 is 0 Å². The summed E-state index contributed by atoms with van der Waals surface area (Å²) in [5.74, 6) is -0.345. The van der Waals surface area contributed by atoms with Gasteiger partial charge in [0.2, 0.25) is 0 Å². The summed E-state index contributed by atoms with van der Waals surface area (Å²) in [6.07, 6.45) is 2.08. The van der Waals surface area contributed by atoms with E-state index in [-0.39, 0.29) is 5.56 Å². The van der Waals surface area contributed by atoms with Gasteiger partial charge in [-0.05, 0) is 24.5 Å². The zero-order chi connectivity index (χ0) is 13.4. The van der Waals surface area contributed by atoms with Gasteiger partial charge in [-0.1, -0.05) is 13.0 Å². The number of nitrogens with one attached hydrogen (secondary N) is 1. The first kappa shape index (κ1) is 14.9. The standard InChI is InChI=1S/C13H19NO3S/c1-10(18-2)9-14-6-7-17-12-5-3-4-11(8-12)13(15)16/h3-5,8,10,14H,6-7,9H2,1-2H3,(H,15,16). The van der Waals surface area contributed by atoms with Crippen molar-refractivity contribution in [2.45, 2.75) is 12.2 Å². The van der Waals surface area contributed by atoms with E-state index in [1.807, 2.05) is 11.8 Å². The third-order valence-electron chi connectivity index (χ3n) is 2.46. The molecule has 0 radical (unpaired) electrons. The summed E-state index contributed by atoms with van der Waals surface area (Å²) >= 11 is 1.82. The van der Waals surface area contributed by atoms with Crippen molar-refractivity contribution in [2.75, 3.05) is 26.0 Å². The molecule has 5 heteroatoms. The van der Waals surface area contributed by atoms with Gasteiger partial charge in [0.1, 0.15) is 12.4 Å². The average Bonchev–Trinajstić information content (AvgIpc) is 2.38. The van der Waals surface area contributed by atoms with Crippen LogP contribution in [0.4, 0.5) is 0 Å². The Kier molecular flexibility index (Phi) is 6.60. The van der Waals surface area contributed by atoms with E-state index in [0.29, 0.717) is 17.6 Å². The second-order valence-corrected chi connectivity index (χ2v) is 5.21. The molecule has 0 aliphatic rings. The lowest BCUT2D eigenvalue weighted by atomic mass is 10.2. The molecule has 0 spiro atoms. The summed E-state index contributed by atoms with van der Waals surface area (Å²) < 4.78 is 5.48. The third kappa shape index (κ3) is 5.42. The molecule has 0 bridgehead atoms. The van der Waals surface area contributed by atoms with Gasteiger partial charge < -0.3 is 15.2 Å². The van der Waals surface area contributed by atoms with Crippen molar-refractivity contribution in [3.63, 3.8) is 0 Å². The number of thioether (sulfide) groups is 1. The van der Waals surface area contributed by atoms with Crippen LogP contribution in [-0.2, 0) is 0 Å². The first-order valence-corrected chi connectivity index (χ1v) is 7.12. The third-order valence-corrected chi connectivity index (χ3v) is 3.43. The Balaban J connectivity index is 2.27. The molecule has 1 unspecified atom stereocenters. The number of benzene rings is 1. The zero-order valence-electron chi connectivity index (χ0n) is 10.7. The van der Waals surface area contributed by atoms with Crippen LogP contribution in [-0.4, -0.2) is 42.3 Å². The van der Waals surface area contributed by atoms with E-state index in [0.717, 1.165) is 13.1 Å². The maximum Gasteiger partial charge on any atom is 0.335 e. The molecular formula is C13H19NO3S. The quantitative estimate of drug-likeness (QED) is 0.708. The highest BCUT2D eigenvalue weighted by molar-refractivity contribution is 7.99. The van der Waals surface area contributed by atoms with Gasteiger partial charge in [-0.25, -0.2) is 4.79 Å². The van der Waals surface area contributed by atoms with Gasteiger partial charge in [-0.2, -0.15) is 11.8 Å². The predicted octanol–water partition coefficient (Wildman–Crippen LogP) is 2.10. The molecule has 0 heterocycles. The van der Waals surface area contributed by atoms with E-state index in [9.17, 15) is 4.79 Å². The van der Waals surface area contributed by atoms with Crippen LogP contribution in [0.2, 0.25) is 0 Å². The Morgan fingerprint density at radius 3 is 3.00 bits per heavy atom. The number of carboxylic acids is 1. The summed E-state index contributed by atoms with van der Waals surface area (Å²) in [5, 5.41) is 12.7. The van der Waals surface area contributed by atoms with Gasteiger partial charge in [-0.3, -0.25) is 0 Å². The van der Waals surface area contributed by atoms with E-state index < -0.39 is 5.97 Å². The van der Waals surface area contributed by atoms with Crippen molar-refractivity contribution in [2.24, 2.45) is 0 Å². The smallest absolute Gasteiger partial charge is 0.335 e. The highest BCUT2D eigenvalue weighted by Crippen LogP contribution is 2.12. The Morgan fingerprint density at radius 1 is 1.56 bits per heavy atom. The van der Waals surface area contributed by atoms with Crippen molar-refractivity contribution in [3.8, 4) is 5.75 Å². The van der Waals surface area contributed by atoms with Crippen LogP contribution in [0, 0.1) is 0 Å². The number of carbonyl (C=O) groups is 1. The topological polar surface area (TPSA) is 58.6 Å². The van der Waals surface area contributed by atoms with Crippen molar-refractivity contribution in [1.82, 2.24) is 5.32 Å². The zero-order valence-corrected chi connectivity index (χ0v) is 11.5. The number of hydrogen-bond donors (Lipinski definition) is 2. The summed E-state index contributed by atoms with van der Waals surface area (Å²) in [6.45, 7) is 4.39. The second kappa shape index (κ2) is 8.00. The van der Waals surface area contributed by atoms with Crippen LogP contribution in [0.3, 0.4) is 0 Å². The van der Waals surface area contributed by atoms with E-state index in [2.05, 4.69) is 18.5 Å². The molecule has 100 valence electrons. The number of ether oxygens (including phenoxy) is 1. The van der Waals surface area contributed by atoms with Crippen LogP contribution in [0.5, 0.6) is 5.75 Å². The molecule has 0 aromatic heterocycles. The van der Waals surface area contributed by atoms with Gasteiger partial charge in [0, 0.05) is 18.3 Å². The van der Waals surface area contributed by atoms with Gasteiger partial charge in [0.15, 0.2) is 0 Å². The first-order valence-electron chi connectivity index (χ1n) is 5.83. The van der Waals surface area contributed by atoms with Crippen LogP contribution < -0.4 is 10.1 Å². The molecule has 1 atom stereocenters. The maximum atomic E-state index is 10.8. The summed E-state index contributed by atoms with van der Waals surface area (Å²) in [4.78, 5) is 10.8. The van der Waals surface area contributed by atoms with E-state index in [1.165, 1.54) is 6.07 Å². The fourth-order valence-corrected chi connectivity index (χ4v) is 1.63. The Hall–Kier alpha value is -1.20. The molecule has 1 aromatic carbocycles. The lowest BCUT2D eigenvalue weighted by molar-refractivity contribution is 0.0696. The molecule has 1 rings (SSSR count). The highest BCUT2D eigenvalue weighted by atomic mass is 32.2. The predicted molar refractivity (Wildman–Crippen MR) is 74.7 cm³/mol. The molecule has 1 aromatic rings. The van der Waals surface area contributed by atoms with Crippen molar-refractivity contribution >= 4 is 17.7 Å². The second-order valence-electron chi connectivity index (χ2n) is 3.93. The van der Waals surface area contributed by atoms with Gasteiger partial charge in [0.25, 0.3) is 0 Å². The first-order chi connectivity index (χ1) is 8.63. The van der Waals surface area contributed by atoms with Crippen molar-refractivity contribution in [1.29, 1.82) is 0 Å². The maximum absolute atomic E-state index is 10.8. The van der Waals surface area contributed by atoms with Crippen molar-refractivity contribution in [3.05, 3.63) is 29.8 Å². The van der Waals surface area contributed by atoms with Gasteiger partial charge in [0.05, 0.1) is 5.56 Å². The van der Waals surface area contributed by atoms with Crippen molar-refractivity contribution < 1.29 is 14.6 Å². The molecule has 0 saturated carbocycles. The minimum absolute atomic E-state index is 0.247. The van der Waals surface area contributed by atoms with Gasteiger partial charge >= 0.3 is 5.97 Å². The lowest BCUT2D eigenvalue weighted by Crippen LogP contribution is -2.27. The fourth-order valence-electron chi connectivity index (χ4n) is 1.35. The summed E-state index contributed by atoms with van der Waals surface area (Å²) in [7, 11) is 0. The lowest BCUT2D eigenvalue weighted by Gasteiger charge is -2.10. The molecule has 4 nitrogen and oxygen atoms in total. The van der Waals surface area contributed by atoms with Crippen LogP contribution in [0.25, 0.3) is 0 Å². The molecular weight excluding hydrogens is 250 g/mol. The van der Waals surface area contributed by atoms with E-state index in [1.54, 1.807) is 18.2 Å². The Bertz CT molecular complexity index is 384. The molecule has 18 heavy (non-hydrogen) atoms. The summed E-state index contributed by atoms with van der Waals surface area (Å²) in [6, 6.07) is 6.53. The van der Waals surface area contributed by atoms with Crippen LogP contribution in [0.1, 0.15) is 17.3 Å². The molecule has 0 amide bonds. The largest absolute Gasteiger partial charge is 0.492 e.